The molecule has 29 heavy (non-hydrogen) atoms. The Morgan fingerprint density at radius 3 is 2.48 bits per heavy atom. The molecule has 0 saturated heterocycles. The first kappa shape index (κ1) is 21.4. The summed E-state index contributed by atoms with van der Waals surface area (Å²) >= 11 is 0. The van der Waals surface area contributed by atoms with Crippen molar-refractivity contribution >= 4 is 0 Å². The number of halogens is 2. The van der Waals surface area contributed by atoms with Gasteiger partial charge in [0.2, 0.25) is 0 Å². The maximum Gasteiger partial charge on any atom is 0.162 e. The molecular formula is C22H26F2N2O3. The van der Waals surface area contributed by atoms with Crippen LogP contribution < -0.4 is 5.32 Å². The number of benzene rings is 2. The van der Waals surface area contributed by atoms with Gasteiger partial charge in [-0.3, -0.25) is 0 Å². The van der Waals surface area contributed by atoms with E-state index in [1.54, 1.807) is 0 Å². The Morgan fingerprint density at radius 1 is 1.10 bits per heavy atom. The molecule has 0 spiro atoms. The van der Waals surface area contributed by atoms with Crippen LogP contribution >= 0.6 is 0 Å². The minimum Gasteiger partial charge on any atom is -0.411 e. The number of aliphatic hydroxyl groups excluding tert-OH is 2. The van der Waals surface area contributed by atoms with Crippen molar-refractivity contribution in [3.05, 3.63) is 83.1 Å². The molecule has 1 aliphatic rings. The summed E-state index contributed by atoms with van der Waals surface area (Å²) < 4.78 is 27.1. The van der Waals surface area contributed by atoms with Crippen LogP contribution in [0.5, 0.6) is 0 Å². The standard InChI is InChI=1S/C22H26F2N2O3/c1-2-15-4-3-5-16(8-15)13-25-14-21(27)20(26-22(28)6-7-29-26)11-17-9-18(23)12-19(24)10-17/h3-10,12,20-22,25,27-28H,2,11,13-14H2,1H3/t20-,21+,22?/m0/s1. The van der Waals surface area contributed by atoms with Crippen LogP contribution in [0, 0.1) is 11.6 Å². The first-order valence-corrected chi connectivity index (χ1v) is 9.67. The fraction of sp³-hybridized carbons (Fsp3) is 0.364. The molecule has 0 amide bonds. The smallest absolute Gasteiger partial charge is 0.162 e. The highest BCUT2D eigenvalue weighted by Gasteiger charge is 2.34. The highest BCUT2D eigenvalue weighted by molar-refractivity contribution is 5.23. The molecule has 7 heteroatoms. The van der Waals surface area contributed by atoms with Gasteiger partial charge in [0.1, 0.15) is 17.9 Å². The second-order valence-electron chi connectivity index (χ2n) is 7.13. The summed E-state index contributed by atoms with van der Waals surface area (Å²) in [5.41, 5.74) is 2.69. The van der Waals surface area contributed by atoms with Gasteiger partial charge in [0.25, 0.3) is 0 Å². The molecule has 3 N–H and O–H groups in total. The zero-order valence-electron chi connectivity index (χ0n) is 16.3. The number of nitrogens with zero attached hydrogens (tertiary/aromatic N) is 1. The van der Waals surface area contributed by atoms with E-state index in [0.29, 0.717) is 12.1 Å². The number of hydrogen-bond donors (Lipinski definition) is 3. The van der Waals surface area contributed by atoms with Crippen LogP contribution in [0.2, 0.25) is 0 Å². The summed E-state index contributed by atoms with van der Waals surface area (Å²) in [7, 11) is 0. The fourth-order valence-electron chi connectivity index (χ4n) is 3.42. The Bertz CT molecular complexity index is 826. The van der Waals surface area contributed by atoms with Crippen LogP contribution in [-0.2, 0) is 24.2 Å². The lowest BCUT2D eigenvalue weighted by Crippen LogP contribution is -2.50. The molecule has 0 saturated carbocycles. The Hall–Kier alpha value is -2.32. The lowest BCUT2D eigenvalue weighted by atomic mass is 10.00. The van der Waals surface area contributed by atoms with E-state index in [0.717, 1.165) is 18.1 Å². The van der Waals surface area contributed by atoms with E-state index in [-0.39, 0.29) is 13.0 Å². The molecule has 1 aliphatic heterocycles. The Balaban J connectivity index is 1.66. The predicted octanol–water partition coefficient (Wildman–Crippen LogP) is 2.67. The average molecular weight is 404 g/mol. The van der Waals surface area contributed by atoms with Gasteiger partial charge < -0.3 is 20.4 Å². The number of rotatable bonds is 9. The van der Waals surface area contributed by atoms with Crippen molar-refractivity contribution in [2.75, 3.05) is 6.54 Å². The van der Waals surface area contributed by atoms with Gasteiger partial charge in [-0.1, -0.05) is 31.2 Å². The zero-order valence-corrected chi connectivity index (χ0v) is 16.3. The van der Waals surface area contributed by atoms with Gasteiger partial charge in [0.15, 0.2) is 6.23 Å². The largest absolute Gasteiger partial charge is 0.411 e. The quantitative estimate of drug-likeness (QED) is 0.600. The molecule has 2 aromatic rings. The fourth-order valence-corrected chi connectivity index (χ4v) is 3.42. The maximum absolute atomic E-state index is 13.6. The Morgan fingerprint density at radius 2 is 1.83 bits per heavy atom. The molecule has 2 aromatic carbocycles. The van der Waals surface area contributed by atoms with Gasteiger partial charge in [0, 0.05) is 19.2 Å². The first-order chi connectivity index (χ1) is 14.0. The monoisotopic (exact) mass is 404 g/mol. The second-order valence-corrected chi connectivity index (χ2v) is 7.13. The SMILES string of the molecule is CCc1cccc(CNC[C@@H](O)[C@H](Cc2cc(F)cc(F)c2)N2OC=CC2O)c1. The molecule has 5 nitrogen and oxygen atoms in total. The number of hydroxylamine groups is 2. The van der Waals surface area contributed by atoms with Crippen molar-refractivity contribution in [1.29, 1.82) is 0 Å². The second kappa shape index (κ2) is 9.93. The molecule has 0 aromatic heterocycles. The molecular weight excluding hydrogens is 378 g/mol. The van der Waals surface area contributed by atoms with Crippen LogP contribution in [0.25, 0.3) is 0 Å². The maximum atomic E-state index is 13.6. The van der Waals surface area contributed by atoms with Crippen molar-refractivity contribution in [2.24, 2.45) is 0 Å². The van der Waals surface area contributed by atoms with E-state index < -0.39 is 30.0 Å². The Kier molecular flexibility index (Phi) is 7.33. The van der Waals surface area contributed by atoms with E-state index in [1.165, 1.54) is 35.1 Å². The van der Waals surface area contributed by atoms with Gasteiger partial charge in [-0.05, 0) is 47.7 Å². The average Bonchev–Trinajstić information content (AvgIpc) is 3.11. The number of aryl methyl sites for hydroxylation is 1. The number of hydrogen-bond acceptors (Lipinski definition) is 5. The van der Waals surface area contributed by atoms with E-state index in [4.69, 9.17) is 4.84 Å². The van der Waals surface area contributed by atoms with Gasteiger partial charge in [-0.15, -0.1) is 5.06 Å². The third kappa shape index (κ3) is 5.83. The molecule has 3 rings (SSSR count). The van der Waals surface area contributed by atoms with Crippen LogP contribution in [0.4, 0.5) is 8.78 Å². The summed E-state index contributed by atoms with van der Waals surface area (Å²) in [6.45, 7) is 2.87. The predicted molar refractivity (Wildman–Crippen MR) is 105 cm³/mol. The van der Waals surface area contributed by atoms with Gasteiger partial charge >= 0.3 is 0 Å². The Labute approximate surface area is 169 Å². The van der Waals surface area contributed by atoms with Gasteiger partial charge in [-0.2, -0.15) is 0 Å². The van der Waals surface area contributed by atoms with Crippen molar-refractivity contribution in [3.8, 4) is 0 Å². The summed E-state index contributed by atoms with van der Waals surface area (Å²) in [5.74, 6) is -1.38. The van der Waals surface area contributed by atoms with Gasteiger partial charge in [-0.25, -0.2) is 8.78 Å². The third-order valence-electron chi connectivity index (χ3n) is 4.91. The minimum atomic E-state index is -1.05. The number of nitrogens with one attached hydrogen (secondary N) is 1. The van der Waals surface area contributed by atoms with E-state index >= 15 is 0 Å². The highest BCUT2D eigenvalue weighted by atomic mass is 19.1. The summed E-state index contributed by atoms with van der Waals surface area (Å²) in [6, 6.07) is 10.7. The van der Waals surface area contributed by atoms with Crippen LogP contribution in [-0.4, -0.2) is 40.2 Å². The molecule has 156 valence electrons. The van der Waals surface area contributed by atoms with Crippen molar-refractivity contribution in [3.63, 3.8) is 0 Å². The van der Waals surface area contributed by atoms with Crippen molar-refractivity contribution in [1.82, 2.24) is 10.4 Å². The lowest BCUT2D eigenvalue weighted by molar-refractivity contribution is -0.208. The van der Waals surface area contributed by atoms with E-state index in [2.05, 4.69) is 24.4 Å². The normalized spacial score (nSPS) is 18.6. The molecule has 0 bridgehead atoms. The highest BCUT2D eigenvalue weighted by Crippen LogP contribution is 2.21. The van der Waals surface area contributed by atoms with E-state index in [9.17, 15) is 19.0 Å². The number of aliphatic hydroxyl groups is 2. The van der Waals surface area contributed by atoms with Crippen molar-refractivity contribution < 1.29 is 23.8 Å². The summed E-state index contributed by atoms with van der Waals surface area (Å²) in [6.07, 6.45) is 1.79. The minimum absolute atomic E-state index is 0.0988. The molecule has 1 unspecified atom stereocenters. The van der Waals surface area contributed by atoms with E-state index in [1.807, 2.05) is 12.1 Å². The molecule has 0 aliphatic carbocycles. The van der Waals surface area contributed by atoms with Crippen LogP contribution in [0.3, 0.4) is 0 Å². The molecule has 0 radical (unpaired) electrons. The summed E-state index contributed by atoms with van der Waals surface area (Å²) in [4.78, 5) is 5.30. The zero-order chi connectivity index (χ0) is 20.8. The van der Waals surface area contributed by atoms with Crippen LogP contribution in [0.1, 0.15) is 23.6 Å². The lowest BCUT2D eigenvalue weighted by Gasteiger charge is -2.32. The third-order valence-corrected chi connectivity index (χ3v) is 4.91. The topological polar surface area (TPSA) is 65.0 Å². The van der Waals surface area contributed by atoms with Crippen LogP contribution in [0.15, 0.2) is 54.8 Å². The molecule has 1 heterocycles. The first-order valence-electron chi connectivity index (χ1n) is 9.67. The van der Waals surface area contributed by atoms with Crippen molar-refractivity contribution in [2.45, 2.75) is 44.7 Å². The molecule has 0 fully saturated rings. The molecule has 3 atom stereocenters. The summed E-state index contributed by atoms with van der Waals surface area (Å²) in [5, 5.41) is 25.3. The van der Waals surface area contributed by atoms with Gasteiger partial charge in [0.05, 0.1) is 12.1 Å².